The van der Waals surface area contributed by atoms with Crippen LogP contribution in [-0.4, -0.2) is 10.2 Å². The fraction of sp³-hybridized carbons (Fsp3) is 0. The van der Waals surface area contributed by atoms with Crippen LogP contribution >= 0.6 is 0 Å². The van der Waals surface area contributed by atoms with Gasteiger partial charge in [-0.25, -0.2) is 0 Å². The number of hydrogen-bond acceptors (Lipinski definition) is 2. The molecule has 0 saturated carbocycles. The molecule has 0 heterocycles. The van der Waals surface area contributed by atoms with E-state index in [9.17, 15) is 0 Å². The van der Waals surface area contributed by atoms with Crippen LogP contribution in [0.15, 0.2) is 18.2 Å². The zero-order valence-electron chi connectivity index (χ0n) is 5.28. The van der Waals surface area contributed by atoms with Crippen molar-refractivity contribution in [3.05, 3.63) is 30.3 Å². The quantitative estimate of drug-likeness (QED) is 0.613. The minimum atomic E-state index is 0.0108. The van der Waals surface area contributed by atoms with Crippen LogP contribution in [0.5, 0.6) is 11.5 Å². The lowest BCUT2D eigenvalue weighted by molar-refractivity contribution is 0.450. The Morgan fingerprint density at radius 3 is 2.00 bits per heavy atom. The molecule has 2 heteroatoms. The van der Waals surface area contributed by atoms with Crippen LogP contribution < -0.4 is 0 Å². The average Bonchev–Trinajstić information content (AvgIpc) is 1.85. The van der Waals surface area contributed by atoms with Crippen LogP contribution in [0, 0.1) is 6.58 Å². The molecule has 0 amide bonds. The van der Waals surface area contributed by atoms with E-state index in [2.05, 4.69) is 0 Å². The lowest BCUT2D eigenvalue weighted by atomic mass is 10.2. The molecule has 0 aliphatic heterocycles. The lowest BCUT2D eigenvalue weighted by Gasteiger charge is -1.95. The van der Waals surface area contributed by atoms with E-state index in [1.165, 1.54) is 24.3 Å². The molecule has 0 fully saturated rings. The fourth-order valence-electron chi connectivity index (χ4n) is 0.714. The molecule has 0 aromatic heterocycles. The van der Waals surface area contributed by atoms with E-state index in [0.29, 0.717) is 5.56 Å². The molecule has 0 spiro atoms. The van der Waals surface area contributed by atoms with Gasteiger partial charge in [0.25, 0.3) is 0 Å². The number of phenolic OH excluding ortho intramolecular Hbond substituents is 2. The van der Waals surface area contributed by atoms with Crippen molar-refractivity contribution in [2.45, 2.75) is 0 Å². The monoisotopic (exact) mass is 135 g/mol. The Balaban J connectivity index is 3.18. The molecule has 10 heavy (non-hydrogen) atoms. The van der Waals surface area contributed by atoms with Crippen molar-refractivity contribution < 1.29 is 10.2 Å². The Morgan fingerprint density at radius 2 is 1.60 bits per heavy atom. The van der Waals surface area contributed by atoms with Crippen molar-refractivity contribution in [2.24, 2.45) is 0 Å². The molecule has 2 N–H and O–H groups in total. The predicted octanol–water partition coefficient (Wildman–Crippen LogP) is 1.54. The molecule has 2 nitrogen and oxygen atoms in total. The van der Waals surface area contributed by atoms with E-state index >= 15 is 0 Å². The molecule has 1 radical (unpaired) electrons. The molecule has 0 saturated heterocycles. The van der Waals surface area contributed by atoms with E-state index in [0.717, 1.165) is 0 Å². The Morgan fingerprint density at radius 1 is 1.10 bits per heavy atom. The summed E-state index contributed by atoms with van der Waals surface area (Å²) >= 11 is 0. The third kappa shape index (κ3) is 1.29. The summed E-state index contributed by atoms with van der Waals surface area (Å²) in [5.74, 6) is 0.0217. The Hall–Kier alpha value is -1.44. The van der Waals surface area contributed by atoms with E-state index in [-0.39, 0.29) is 11.5 Å². The van der Waals surface area contributed by atoms with Gasteiger partial charge in [0.1, 0.15) is 11.5 Å². The molecule has 0 aliphatic rings. The molecular weight excluding hydrogens is 128 g/mol. The molecule has 1 aromatic rings. The number of benzene rings is 1. The normalized spacial score (nSPS) is 9.20. The van der Waals surface area contributed by atoms with Crippen molar-refractivity contribution in [3.63, 3.8) is 0 Å². The van der Waals surface area contributed by atoms with E-state index < -0.39 is 0 Å². The smallest absolute Gasteiger partial charge is 0.119 e. The maximum atomic E-state index is 8.89. The summed E-state index contributed by atoms with van der Waals surface area (Å²) in [4.78, 5) is 0. The third-order valence-electron chi connectivity index (χ3n) is 1.12. The molecule has 0 atom stereocenters. The summed E-state index contributed by atoms with van der Waals surface area (Å²) < 4.78 is 0. The second-order valence-corrected chi connectivity index (χ2v) is 1.95. The maximum Gasteiger partial charge on any atom is 0.119 e. The Labute approximate surface area is 59.1 Å². The summed E-state index contributed by atoms with van der Waals surface area (Å²) in [5.41, 5.74) is 0.595. The maximum absolute atomic E-state index is 8.89. The molecule has 1 aromatic carbocycles. The van der Waals surface area contributed by atoms with Crippen molar-refractivity contribution in [2.75, 3.05) is 0 Å². The van der Waals surface area contributed by atoms with Crippen molar-refractivity contribution in [1.29, 1.82) is 0 Å². The number of aromatic hydroxyl groups is 2. The van der Waals surface area contributed by atoms with Gasteiger partial charge >= 0.3 is 0 Å². The summed E-state index contributed by atoms with van der Waals surface area (Å²) in [6, 6.07) is 4.16. The highest BCUT2D eigenvalue weighted by atomic mass is 16.3. The average molecular weight is 135 g/mol. The molecule has 0 unspecified atom stereocenters. The minimum absolute atomic E-state index is 0.0108. The van der Waals surface area contributed by atoms with Crippen LogP contribution in [0.25, 0.3) is 6.08 Å². The molecular formula is C8H7O2. The molecule has 0 bridgehead atoms. The Bertz CT molecular complexity index is 233. The van der Waals surface area contributed by atoms with Gasteiger partial charge < -0.3 is 10.2 Å². The van der Waals surface area contributed by atoms with Crippen molar-refractivity contribution in [3.8, 4) is 11.5 Å². The van der Waals surface area contributed by atoms with E-state index in [1.54, 1.807) is 0 Å². The van der Waals surface area contributed by atoms with Crippen LogP contribution in [-0.2, 0) is 0 Å². The second-order valence-electron chi connectivity index (χ2n) is 1.95. The highest BCUT2D eigenvalue weighted by Gasteiger charge is 1.93. The van der Waals surface area contributed by atoms with Gasteiger partial charge in [-0.2, -0.15) is 0 Å². The lowest BCUT2D eigenvalue weighted by Crippen LogP contribution is -1.71. The van der Waals surface area contributed by atoms with Gasteiger partial charge in [-0.1, -0.05) is 12.7 Å². The molecule has 1 rings (SSSR count). The van der Waals surface area contributed by atoms with Gasteiger partial charge in [0.2, 0.25) is 0 Å². The third-order valence-corrected chi connectivity index (χ3v) is 1.12. The zero-order chi connectivity index (χ0) is 7.56. The van der Waals surface area contributed by atoms with Gasteiger partial charge in [-0.05, 0) is 17.7 Å². The predicted molar refractivity (Wildman–Crippen MR) is 38.5 cm³/mol. The SMILES string of the molecule is [CH]=Cc1cc(O)cc(O)c1. The molecule has 51 valence electrons. The highest BCUT2D eigenvalue weighted by molar-refractivity contribution is 5.51. The van der Waals surface area contributed by atoms with Crippen LogP contribution in [0.1, 0.15) is 5.56 Å². The highest BCUT2D eigenvalue weighted by Crippen LogP contribution is 2.20. The van der Waals surface area contributed by atoms with E-state index in [4.69, 9.17) is 16.8 Å². The summed E-state index contributed by atoms with van der Waals surface area (Å²) in [7, 11) is 0. The van der Waals surface area contributed by atoms with Crippen LogP contribution in [0.4, 0.5) is 0 Å². The Kier molecular flexibility index (Phi) is 1.63. The first-order valence-corrected chi connectivity index (χ1v) is 2.80. The summed E-state index contributed by atoms with van der Waals surface area (Å²) in [5, 5.41) is 17.8. The number of hydrogen-bond donors (Lipinski definition) is 2. The first kappa shape index (κ1) is 6.68. The second kappa shape index (κ2) is 2.43. The van der Waals surface area contributed by atoms with Crippen LogP contribution in [0.2, 0.25) is 0 Å². The van der Waals surface area contributed by atoms with E-state index in [1.807, 2.05) is 0 Å². The van der Waals surface area contributed by atoms with Gasteiger partial charge in [0.15, 0.2) is 0 Å². The topological polar surface area (TPSA) is 40.5 Å². The van der Waals surface area contributed by atoms with Gasteiger partial charge in [0, 0.05) is 6.07 Å². The number of rotatable bonds is 1. The first-order chi connectivity index (χ1) is 4.72. The minimum Gasteiger partial charge on any atom is -0.508 e. The standard InChI is InChI=1S/C8H7O2/c1-2-6-3-7(9)5-8(10)4-6/h1-5,9-10H. The van der Waals surface area contributed by atoms with Gasteiger partial charge in [-0.3, -0.25) is 0 Å². The van der Waals surface area contributed by atoms with Crippen LogP contribution in [0.3, 0.4) is 0 Å². The first-order valence-electron chi connectivity index (χ1n) is 2.80. The van der Waals surface area contributed by atoms with Crippen molar-refractivity contribution in [1.82, 2.24) is 0 Å². The van der Waals surface area contributed by atoms with Gasteiger partial charge in [0.05, 0.1) is 0 Å². The van der Waals surface area contributed by atoms with Crippen molar-refractivity contribution >= 4 is 6.08 Å². The number of phenols is 2. The fourth-order valence-corrected chi connectivity index (χ4v) is 0.714. The summed E-state index contributed by atoms with van der Waals surface area (Å²) in [6.45, 7) is 5.14. The van der Waals surface area contributed by atoms with Gasteiger partial charge in [-0.15, -0.1) is 0 Å². The zero-order valence-corrected chi connectivity index (χ0v) is 5.28. The summed E-state index contributed by atoms with van der Waals surface area (Å²) in [6.07, 6.45) is 1.30. The molecule has 0 aliphatic carbocycles. The largest absolute Gasteiger partial charge is 0.508 e.